The number of non-ortho nitro benzene ring substituents is 1. The molecule has 2 aromatic carbocycles. The topological polar surface area (TPSA) is 145 Å². The molecule has 0 radical (unpaired) electrons. The second-order valence-corrected chi connectivity index (χ2v) is 6.11. The summed E-state index contributed by atoms with van der Waals surface area (Å²) in [5.41, 5.74) is 5.87. The molecule has 29 heavy (non-hydrogen) atoms. The monoisotopic (exact) mass is 416 g/mol. The van der Waals surface area contributed by atoms with E-state index in [1.807, 2.05) is 0 Å². The molecule has 148 valence electrons. The number of hydrogen-bond acceptors (Lipinski definition) is 9. The van der Waals surface area contributed by atoms with Gasteiger partial charge in [-0.15, -0.1) is 0 Å². The Morgan fingerprint density at radius 2 is 1.72 bits per heavy atom. The van der Waals surface area contributed by atoms with Gasteiger partial charge in [-0.25, -0.2) is 4.98 Å². The highest BCUT2D eigenvalue weighted by atomic mass is 35.5. The number of rotatable bonds is 7. The maximum atomic E-state index is 11.6. The molecule has 3 rings (SSSR count). The summed E-state index contributed by atoms with van der Waals surface area (Å²) in [6.07, 6.45) is 1.10. The summed E-state index contributed by atoms with van der Waals surface area (Å²) in [5, 5.41) is 22.8. The van der Waals surface area contributed by atoms with Crippen molar-refractivity contribution >= 4 is 34.5 Å². The number of hydrogen-bond donors (Lipinski definition) is 2. The third-order valence-electron chi connectivity index (χ3n) is 3.72. The van der Waals surface area contributed by atoms with E-state index in [2.05, 4.69) is 20.8 Å². The molecule has 1 heterocycles. The van der Waals surface area contributed by atoms with Crippen molar-refractivity contribution in [1.82, 2.24) is 9.97 Å². The van der Waals surface area contributed by atoms with Gasteiger partial charge in [0, 0.05) is 17.2 Å². The van der Waals surface area contributed by atoms with Crippen molar-refractivity contribution in [2.45, 2.75) is 6.92 Å². The highest BCUT2D eigenvalue weighted by Crippen LogP contribution is 2.35. The lowest BCUT2D eigenvalue weighted by Crippen LogP contribution is -2.12. The molecule has 0 saturated heterocycles. The smallest absolute Gasteiger partial charge is 0.374 e. The number of nitro benzene ring substituents is 1. The zero-order chi connectivity index (χ0) is 21.0. The first-order valence-electron chi connectivity index (χ1n) is 8.05. The average molecular weight is 417 g/mol. The van der Waals surface area contributed by atoms with Crippen LogP contribution in [0.15, 0.2) is 48.8 Å². The van der Waals surface area contributed by atoms with Crippen LogP contribution in [0.1, 0.15) is 5.56 Å². The molecule has 0 aliphatic heterocycles. The Kier molecular flexibility index (Phi) is 5.69. The normalized spacial score (nSPS) is 10.3. The van der Waals surface area contributed by atoms with Gasteiger partial charge in [0.25, 0.3) is 5.69 Å². The molecule has 0 amide bonds. The molecule has 0 unspecified atom stereocenters. The Morgan fingerprint density at radius 3 is 2.34 bits per heavy atom. The number of hydrazine groups is 1. The summed E-state index contributed by atoms with van der Waals surface area (Å²) in [4.78, 5) is 28.7. The number of anilines is 2. The van der Waals surface area contributed by atoms with Crippen LogP contribution in [0.4, 0.5) is 22.9 Å². The van der Waals surface area contributed by atoms with Gasteiger partial charge in [-0.3, -0.25) is 31.1 Å². The SMILES string of the molecule is Cc1cc(Oc2ncnc(NNc3ccc([N+](=O)[O-])cc3)c2[N+](=O)[O-])ccc1Cl. The molecular formula is C17H13ClN6O5. The number of nitrogens with one attached hydrogen (secondary N) is 2. The number of aryl methyl sites for hydroxylation is 1. The summed E-state index contributed by atoms with van der Waals surface area (Å²) >= 11 is 5.97. The summed E-state index contributed by atoms with van der Waals surface area (Å²) < 4.78 is 5.55. The van der Waals surface area contributed by atoms with Gasteiger partial charge in [-0.05, 0) is 42.8 Å². The number of ether oxygens (including phenoxy) is 1. The van der Waals surface area contributed by atoms with Crippen molar-refractivity contribution in [2.75, 3.05) is 10.9 Å². The molecule has 2 N–H and O–H groups in total. The van der Waals surface area contributed by atoms with E-state index in [9.17, 15) is 20.2 Å². The maximum absolute atomic E-state index is 11.6. The van der Waals surface area contributed by atoms with Crippen LogP contribution < -0.4 is 15.6 Å². The van der Waals surface area contributed by atoms with Crippen molar-refractivity contribution in [3.05, 3.63) is 79.6 Å². The number of aromatic nitrogens is 2. The van der Waals surface area contributed by atoms with Crippen LogP contribution in [0.2, 0.25) is 5.02 Å². The van der Waals surface area contributed by atoms with E-state index in [0.717, 1.165) is 11.9 Å². The second-order valence-electron chi connectivity index (χ2n) is 5.70. The summed E-state index contributed by atoms with van der Waals surface area (Å²) in [6, 6.07) is 10.2. The van der Waals surface area contributed by atoms with Crippen LogP contribution in [-0.4, -0.2) is 19.8 Å². The van der Waals surface area contributed by atoms with E-state index >= 15 is 0 Å². The molecule has 0 bridgehead atoms. The molecule has 11 nitrogen and oxygen atoms in total. The minimum atomic E-state index is -0.683. The van der Waals surface area contributed by atoms with E-state index in [4.69, 9.17) is 16.3 Å². The lowest BCUT2D eigenvalue weighted by atomic mass is 10.2. The lowest BCUT2D eigenvalue weighted by molar-refractivity contribution is -0.385. The van der Waals surface area contributed by atoms with Crippen LogP contribution in [0, 0.1) is 27.2 Å². The minimum absolute atomic E-state index is 0.0856. The fourth-order valence-corrected chi connectivity index (χ4v) is 2.40. The van der Waals surface area contributed by atoms with Crippen molar-refractivity contribution in [1.29, 1.82) is 0 Å². The molecule has 0 aliphatic rings. The fraction of sp³-hybridized carbons (Fsp3) is 0.0588. The molecule has 3 aromatic rings. The van der Waals surface area contributed by atoms with E-state index in [0.29, 0.717) is 16.5 Å². The Labute approximate surface area is 168 Å². The van der Waals surface area contributed by atoms with Gasteiger partial charge < -0.3 is 4.74 Å². The number of benzene rings is 2. The molecule has 0 saturated carbocycles. The predicted octanol–water partition coefficient (Wildman–Crippen LogP) is 4.49. The van der Waals surface area contributed by atoms with Crippen LogP contribution >= 0.6 is 11.6 Å². The summed E-state index contributed by atoms with van der Waals surface area (Å²) in [7, 11) is 0. The maximum Gasteiger partial charge on any atom is 0.374 e. The number of nitro groups is 2. The third kappa shape index (κ3) is 4.65. The summed E-state index contributed by atoms with van der Waals surface area (Å²) in [6.45, 7) is 1.77. The van der Waals surface area contributed by atoms with Crippen LogP contribution in [0.3, 0.4) is 0 Å². The predicted molar refractivity (Wildman–Crippen MR) is 105 cm³/mol. The Bertz CT molecular complexity index is 1080. The van der Waals surface area contributed by atoms with Crippen LogP contribution in [-0.2, 0) is 0 Å². The Hall–Kier alpha value is -3.99. The molecule has 0 fully saturated rings. The zero-order valence-corrected chi connectivity index (χ0v) is 15.6. The summed E-state index contributed by atoms with van der Waals surface area (Å²) in [5.74, 6) is -0.0910. The van der Waals surface area contributed by atoms with E-state index in [-0.39, 0.29) is 17.4 Å². The molecule has 0 atom stereocenters. The molecule has 0 spiro atoms. The highest BCUT2D eigenvalue weighted by molar-refractivity contribution is 6.31. The fourth-order valence-electron chi connectivity index (χ4n) is 2.28. The minimum Gasteiger partial charge on any atom is -0.434 e. The van der Waals surface area contributed by atoms with E-state index in [1.54, 1.807) is 25.1 Å². The van der Waals surface area contributed by atoms with Crippen molar-refractivity contribution in [2.24, 2.45) is 0 Å². The zero-order valence-electron chi connectivity index (χ0n) is 14.8. The van der Waals surface area contributed by atoms with Crippen molar-refractivity contribution in [3.8, 4) is 11.6 Å². The van der Waals surface area contributed by atoms with Gasteiger partial charge >= 0.3 is 11.6 Å². The van der Waals surface area contributed by atoms with Gasteiger partial charge in [0.15, 0.2) is 0 Å². The van der Waals surface area contributed by atoms with Crippen LogP contribution in [0.5, 0.6) is 11.6 Å². The Morgan fingerprint density at radius 1 is 1.00 bits per heavy atom. The first-order chi connectivity index (χ1) is 13.8. The molecular weight excluding hydrogens is 404 g/mol. The van der Waals surface area contributed by atoms with Gasteiger partial charge in [-0.1, -0.05) is 11.6 Å². The first kappa shape index (κ1) is 19.8. The second kappa shape index (κ2) is 8.35. The van der Waals surface area contributed by atoms with Gasteiger partial charge in [0.1, 0.15) is 12.1 Å². The molecule has 0 aliphatic carbocycles. The average Bonchev–Trinajstić information content (AvgIpc) is 2.69. The van der Waals surface area contributed by atoms with Crippen LogP contribution in [0.25, 0.3) is 0 Å². The van der Waals surface area contributed by atoms with Gasteiger partial charge in [0.2, 0.25) is 5.82 Å². The first-order valence-corrected chi connectivity index (χ1v) is 8.43. The molecule has 12 heteroatoms. The third-order valence-corrected chi connectivity index (χ3v) is 4.14. The van der Waals surface area contributed by atoms with E-state index < -0.39 is 15.5 Å². The quantitative estimate of drug-likeness (QED) is 0.420. The number of nitrogens with zero attached hydrogens (tertiary/aromatic N) is 4. The van der Waals surface area contributed by atoms with E-state index in [1.165, 1.54) is 24.3 Å². The van der Waals surface area contributed by atoms with Crippen molar-refractivity contribution < 1.29 is 14.6 Å². The molecule has 1 aromatic heterocycles. The van der Waals surface area contributed by atoms with Crippen molar-refractivity contribution in [3.63, 3.8) is 0 Å². The highest BCUT2D eigenvalue weighted by Gasteiger charge is 2.25. The lowest BCUT2D eigenvalue weighted by Gasteiger charge is -2.11. The standard InChI is InChI=1S/C17H13ClN6O5/c1-10-8-13(6-7-14(10)18)29-17-15(24(27)28)16(19-9-20-17)22-21-11-2-4-12(5-3-11)23(25)26/h2-9,21H,1H3,(H,19,20,22). The number of halogens is 1. The van der Waals surface area contributed by atoms with Gasteiger partial charge in [0.05, 0.1) is 15.5 Å². The van der Waals surface area contributed by atoms with Gasteiger partial charge in [-0.2, -0.15) is 4.98 Å². The Balaban J connectivity index is 1.83. The largest absolute Gasteiger partial charge is 0.434 e.